The van der Waals surface area contributed by atoms with Crippen molar-refractivity contribution in [1.82, 2.24) is 9.97 Å². The molecule has 0 amide bonds. The molecule has 88 valence electrons. The lowest BCUT2D eigenvalue weighted by Gasteiger charge is -2.06. The van der Waals surface area contributed by atoms with Crippen LogP contribution in [-0.2, 0) is 0 Å². The molecule has 0 fully saturated rings. The average molecular weight is 234 g/mol. The molecule has 2 aromatic heterocycles. The Morgan fingerprint density at radius 3 is 2.71 bits per heavy atom. The van der Waals surface area contributed by atoms with Gasteiger partial charge in [-0.3, -0.25) is 4.79 Å². The summed E-state index contributed by atoms with van der Waals surface area (Å²) in [5.74, 6) is 0.149. The van der Waals surface area contributed by atoms with Crippen LogP contribution < -0.4 is 9.47 Å². The summed E-state index contributed by atoms with van der Waals surface area (Å²) in [5, 5.41) is 0. The minimum atomic E-state index is -0.387. The summed E-state index contributed by atoms with van der Waals surface area (Å²) in [5.41, 5.74) is 0.274. The normalized spacial score (nSPS) is 10.0. The van der Waals surface area contributed by atoms with Crippen LogP contribution in [0.25, 0.3) is 0 Å². The van der Waals surface area contributed by atoms with Crippen molar-refractivity contribution < 1.29 is 18.7 Å². The first-order valence-electron chi connectivity index (χ1n) is 4.79. The first kappa shape index (κ1) is 11.1. The quantitative estimate of drug-likeness (QED) is 0.742. The van der Waals surface area contributed by atoms with Crippen LogP contribution in [0.1, 0.15) is 16.2 Å². The van der Waals surface area contributed by atoms with E-state index < -0.39 is 0 Å². The van der Waals surface area contributed by atoms with Crippen molar-refractivity contribution in [3.63, 3.8) is 0 Å². The number of hydrogen-bond donors (Lipinski definition) is 0. The van der Waals surface area contributed by atoms with Gasteiger partial charge >= 0.3 is 0 Å². The maximum Gasteiger partial charge on any atom is 0.268 e. The van der Waals surface area contributed by atoms with Crippen LogP contribution >= 0.6 is 0 Å². The zero-order chi connectivity index (χ0) is 12.3. The number of aromatic nitrogens is 2. The Labute approximate surface area is 97.2 Å². The Hall–Kier alpha value is -2.37. The highest BCUT2D eigenvalue weighted by Gasteiger charge is 2.19. The Bertz CT molecular complexity index is 522. The fourth-order valence-corrected chi connectivity index (χ4v) is 1.32. The third kappa shape index (κ3) is 2.10. The number of ether oxygens (including phenoxy) is 2. The maximum absolute atomic E-state index is 12.0. The molecule has 0 bridgehead atoms. The zero-order valence-electron chi connectivity index (χ0n) is 9.34. The van der Waals surface area contributed by atoms with E-state index in [4.69, 9.17) is 13.9 Å². The monoisotopic (exact) mass is 234 g/mol. The topological polar surface area (TPSA) is 74.5 Å². The molecule has 6 heteroatoms. The van der Waals surface area contributed by atoms with E-state index in [1.807, 2.05) is 0 Å². The molecule has 0 aliphatic heterocycles. The van der Waals surface area contributed by atoms with Crippen LogP contribution in [0.2, 0.25) is 0 Å². The van der Waals surface area contributed by atoms with Crippen LogP contribution in [0.15, 0.2) is 29.0 Å². The van der Waals surface area contributed by atoms with Gasteiger partial charge in [0.05, 0.1) is 26.0 Å². The van der Waals surface area contributed by atoms with E-state index in [0.29, 0.717) is 5.88 Å². The molecule has 17 heavy (non-hydrogen) atoms. The minimum Gasteiger partial charge on any atom is -0.481 e. The Kier molecular flexibility index (Phi) is 3.04. The van der Waals surface area contributed by atoms with Crippen molar-refractivity contribution in [2.75, 3.05) is 14.2 Å². The summed E-state index contributed by atoms with van der Waals surface area (Å²) in [6, 6.07) is 3.12. The molecule has 0 saturated heterocycles. The van der Waals surface area contributed by atoms with Gasteiger partial charge in [-0.05, 0) is 6.07 Å². The number of ketones is 1. The molecule has 2 rings (SSSR count). The van der Waals surface area contributed by atoms with Crippen molar-refractivity contribution in [2.24, 2.45) is 0 Å². The summed E-state index contributed by atoms with van der Waals surface area (Å²) in [7, 11) is 2.91. The van der Waals surface area contributed by atoms with Crippen molar-refractivity contribution in [3.05, 3.63) is 36.0 Å². The third-order valence-corrected chi connectivity index (χ3v) is 2.11. The third-order valence-electron chi connectivity index (χ3n) is 2.11. The number of hydrogen-bond acceptors (Lipinski definition) is 6. The second-order valence-electron chi connectivity index (χ2n) is 3.08. The Morgan fingerprint density at radius 1 is 1.29 bits per heavy atom. The molecule has 0 unspecified atom stereocenters. The molecule has 0 N–H and O–H groups in total. The summed E-state index contributed by atoms with van der Waals surface area (Å²) in [6.45, 7) is 0. The van der Waals surface area contributed by atoms with E-state index in [-0.39, 0.29) is 23.1 Å². The van der Waals surface area contributed by atoms with Gasteiger partial charge in [-0.15, -0.1) is 0 Å². The predicted molar refractivity (Wildman–Crippen MR) is 57.3 cm³/mol. The van der Waals surface area contributed by atoms with Crippen LogP contribution in [0.3, 0.4) is 0 Å². The van der Waals surface area contributed by atoms with E-state index >= 15 is 0 Å². The van der Waals surface area contributed by atoms with Crippen LogP contribution in [0.4, 0.5) is 0 Å². The predicted octanol–water partition coefficient (Wildman–Crippen LogP) is 1.32. The second-order valence-corrected chi connectivity index (χ2v) is 3.08. The summed E-state index contributed by atoms with van der Waals surface area (Å²) < 4.78 is 14.9. The van der Waals surface area contributed by atoms with Gasteiger partial charge in [-0.25, -0.2) is 4.98 Å². The molecule has 2 heterocycles. The number of rotatable bonds is 4. The van der Waals surface area contributed by atoms with E-state index in [9.17, 15) is 4.79 Å². The molecule has 0 aromatic carbocycles. The number of carbonyl (C=O) groups is 1. The Morgan fingerprint density at radius 2 is 2.12 bits per heavy atom. The van der Waals surface area contributed by atoms with E-state index in [1.54, 1.807) is 12.1 Å². The van der Waals surface area contributed by atoms with Crippen molar-refractivity contribution in [3.8, 4) is 11.8 Å². The van der Waals surface area contributed by atoms with Gasteiger partial charge < -0.3 is 13.9 Å². The summed E-state index contributed by atoms with van der Waals surface area (Å²) in [4.78, 5) is 19.8. The smallest absolute Gasteiger partial charge is 0.268 e. The van der Waals surface area contributed by atoms with E-state index in [1.165, 1.54) is 26.7 Å². The molecule has 0 saturated carbocycles. The SMILES string of the molecule is COc1ccc(C(=O)c2ncco2)c(OC)n1. The lowest BCUT2D eigenvalue weighted by Crippen LogP contribution is -2.06. The molecule has 0 aliphatic carbocycles. The first-order chi connectivity index (χ1) is 8.26. The number of oxazole rings is 1. The van der Waals surface area contributed by atoms with Gasteiger partial charge in [0.2, 0.25) is 11.8 Å². The first-order valence-corrected chi connectivity index (χ1v) is 4.79. The lowest BCUT2D eigenvalue weighted by atomic mass is 10.2. The highest BCUT2D eigenvalue weighted by Crippen LogP contribution is 2.22. The van der Waals surface area contributed by atoms with Crippen molar-refractivity contribution in [1.29, 1.82) is 0 Å². The van der Waals surface area contributed by atoms with E-state index in [2.05, 4.69) is 9.97 Å². The Balaban J connectivity index is 2.41. The molecule has 0 radical (unpaired) electrons. The standard InChI is InChI=1S/C11H10N2O4/c1-15-8-4-3-7(10(13-8)16-2)9(14)11-12-5-6-17-11/h3-6H,1-2H3. The molecular weight excluding hydrogens is 224 g/mol. The average Bonchev–Trinajstić information content (AvgIpc) is 2.91. The largest absolute Gasteiger partial charge is 0.481 e. The molecule has 2 aromatic rings. The zero-order valence-corrected chi connectivity index (χ0v) is 9.34. The van der Waals surface area contributed by atoms with Crippen LogP contribution in [-0.4, -0.2) is 30.0 Å². The van der Waals surface area contributed by atoms with Gasteiger partial charge in [0.25, 0.3) is 11.7 Å². The molecule has 0 aliphatic rings. The number of methoxy groups -OCH3 is 2. The number of carbonyl (C=O) groups excluding carboxylic acids is 1. The van der Waals surface area contributed by atoms with E-state index in [0.717, 1.165) is 0 Å². The molecule has 0 spiro atoms. The van der Waals surface area contributed by atoms with Crippen molar-refractivity contribution >= 4 is 5.78 Å². The van der Waals surface area contributed by atoms with Gasteiger partial charge in [0, 0.05) is 6.07 Å². The van der Waals surface area contributed by atoms with Crippen LogP contribution in [0.5, 0.6) is 11.8 Å². The van der Waals surface area contributed by atoms with Crippen LogP contribution in [0, 0.1) is 0 Å². The van der Waals surface area contributed by atoms with Gasteiger partial charge in [-0.2, -0.15) is 4.98 Å². The van der Waals surface area contributed by atoms with Gasteiger partial charge in [0.15, 0.2) is 0 Å². The van der Waals surface area contributed by atoms with Crippen molar-refractivity contribution in [2.45, 2.75) is 0 Å². The van der Waals surface area contributed by atoms with Gasteiger partial charge in [0.1, 0.15) is 6.26 Å². The fourth-order valence-electron chi connectivity index (χ4n) is 1.32. The lowest BCUT2D eigenvalue weighted by molar-refractivity contribution is 0.0999. The highest BCUT2D eigenvalue weighted by atomic mass is 16.5. The number of pyridine rings is 1. The maximum atomic E-state index is 12.0. The molecule has 0 atom stereocenters. The fraction of sp³-hybridized carbons (Fsp3) is 0.182. The summed E-state index contributed by atoms with van der Waals surface area (Å²) >= 11 is 0. The number of nitrogens with zero attached hydrogens (tertiary/aromatic N) is 2. The molecule has 6 nitrogen and oxygen atoms in total. The minimum absolute atomic E-state index is 0.00438. The second kappa shape index (κ2) is 4.65. The highest BCUT2D eigenvalue weighted by molar-refractivity contribution is 6.07. The summed E-state index contributed by atoms with van der Waals surface area (Å²) in [6.07, 6.45) is 2.73. The molecular formula is C11H10N2O4. The van der Waals surface area contributed by atoms with Gasteiger partial charge in [-0.1, -0.05) is 0 Å².